The van der Waals surface area contributed by atoms with E-state index in [0.717, 1.165) is 0 Å². The summed E-state index contributed by atoms with van der Waals surface area (Å²) in [6.45, 7) is 13.5. The lowest BCUT2D eigenvalue weighted by Crippen LogP contribution is -2.50. The SMILES string of the molecule is C[C@H]1C(=O)O[C@H]1CO[Si](C)(C)C(C)(C)C. The minimum absolute atomic E-state index is 0.00904. The highest BCUT2D eigenvalue weighted by Gasteiger charge is 2.42. The molecule has 15 heavy (non-hydrogen) atoms. The maximum Gasteiger partial charge on any atom is 0.312 e. The Hall–Kier alpha value is -0.353. The van der Waals surface area contributed by atoms with Crippen molar-refractivity contribution in [3.63, 3.8) is 0 Å². The molecule has 0 aliphatic carbocycles. The normalized spacial score (nSPS) is 27.2. The van der Waals surface area contributed by atoms with Crippen LogP contribution in [-0.4, -0.2) is 27.0 Å². The van der Waals surface area contributed by atoms with Crippen LogP contribution in [0.5, 0.6) is 0 Å². The van der Waals surface area contributed by atoms with E-state index in [-0.39, 0.29) is 23.0 Å². The summed E-state index contributed by atoms with van der Waals surface area (Å²) >= 11 is 0. The van der Waals surface area contributed by atoms with Crippen LogP contribution in [0.4, 0.5) is 0 Å². The quantitative estimate of drug-likeness (QED) is 0.552. The minimum Gasteiger partial charge on any atom is -0.459 e. The van der Waals surface area contributed by atoms with Gasteiger partial charge in [0.05, 0.1) is 12.5 Å². The third-order valence-electron chi connectivity index (χ3n) is 3.61. The van der Waals surface area contributed by atoms with E-state index < -0.39 is 8.32 Å². The van der Waals surface area contributed by atoms with E-state index in [1.807, 2.05) is 6.92 Å². The molecule has 2 atom stereocenters. The van der Waals surface area contributed by atoms with Crippen LogP contribution >= 0.6 is 0 Å². The molecule has 1 aliphatic rings. The van der Waals surface area contributed by atoms with Gasteiger partial charge in [0, 0.05) is 0 Å². The van der Waals surface area contributed by atoms with E-state index in [9.17, 15) is 4.79 Å². The second-order valence-electron chi connectivity index (χ2n) is 5.84. The molecule has 4 heteroatoms. The fraction of sp³-hybridized carbons (Fsp3) is 0.909. The first-order chi connectivity index (χ1) is 6.65. The van der Waals surface area contributed by atoms with Gasteiger partial charge in [0.1, 0.15) is 6.10 Å². The van der Waals surface area contributed by atoms with Crippen molar-refractivity contribution in [1.29, 1.82) is 0 Å². The summed E-state index contributed by atoms with van der Waals surface area (Å²) in [5.74, 6) is -0.0893. The van der Waals surface area contributed by atoms with Gasteiger partial charge in [-0.3, -0.25) is 4.79 Å². The number of hydrogen-bond acceptors (Lipinski definition) is 3. The first-order valence-corrected chi connectivity index (χ1v) is 8.40. The molecule has 1 fully saturated rings. The number of hydrogen-bond donors (Lipinski definition) is 0. The Bertz CT molecular complexity index is 255. The van der Waals surface area contributed by atoms with Gasteiger partial charge in [0.15, 0.2) is 8.32 Å². The molecule has 1 rings (SSSR count). The molecule has 3 nitrogen and oxygen atoms in total. The van der Waals surface area contributed by atoms with Crippen molar-refractivity contribution in [3.8, 4) is 0 Å². The molecule has 1 saturated heterocycles. The second kappa shape index (κ2) is 3.90. The molecule has 0 unspecified atom stereocenters. The summed E-state index contributed by atoms with van der Waals surface area (Å²) < 4.78 is 11.0. The zero-order chi connectivity index (χ0) is 11.9. The molecule has 0 radical (unpaired) electrons. The Morgan fingerprint density at radius 1 is 1.40 bits per heavy atom. The maximum atomic E-state index is 10.9. The van der Waals surface area contributed by atoms with Gasteiger partial charge in [-0.05, 0) is 25.1 Å². The number of rotatable bonds is 3. The fourth-order valence-electron chi connectivity index (χ4n) is 1.12. The van der Waals surface area contributed by atoms with E-state index in [1.165, 1.54) is 0 Å². The fourth-order valence-corrected chi connectivity index (χ4v) is 2.14. The van der Waals surface area contributed by atoms with Crippen LogP contribution in [0.15, 0.2) is 0 Å². The van der Waals surface area contributed by atoms with Crippen LogP contribution in [-0.2, 0) is 14.0 Å². The highest BCUT2D eigenvalue weighted by molar-refractivity contribution is 6.74. The highest BCUT2D eigenvalue weighted by atomic mass is 28.4. The van der Waals surface area contributed by atoms with Crippen molar-refractivity contribution in [2.75, 3.05) is 6.61 Å². The largest absolute Gasteiger partial charge is 0.459 e. The lowest BCUT2D eigenvalue weighted by molar-refractivity contribution is -0.186. The third kappa shape index (κ3) is 2.61. The molecule has 1 aliphatic heterocycles. The Kier molecular flexibility index (Phi) is 3.31. The van der Waals surface area contributed by atoms with Gasteiger partial charge in [-0.2, -0.15) is 0 Å². The maximum absolute atomic E-state index is 10.9. The standard InChI is InChI=1S/C11H22O3Si/c1-8-9(14-10(8)12)7-13-15(5,6)11(2,3)4/h8-9H,7H2,1-6H3/t8-,9+/m1/s1. The minimum atomic E-state index is -1.69. The van der Waals surface area contributed by atoms with Gasteiger partial charge in [0.2, 0.25) is 0 Å². The number of ether oxygens (including phenoxy) is 1. The third-order valence-corrected chi connectivity index (χ3v) is 8.11. The molecule has 0 aromatic rings. The molecule has 0 aromatic carbocycles. The first-order valence-electron chi connectivity index (χ1n) is 5.49. The summed E-state index contributed by atoms with van der Waals surface area (Å²) in [7, 11) is -1.69. The van der Waals surface area contributed by atoms with E-state index >= 15 is 0 Å². The second-order valence-corrected chi connectivity index (χ2v) is 10.6. The van der Waals surface area contributed by atoms with Crippen molar-refractivity contribution in [3.05, 3.63) is 0 Å². The Balaban J connectivity index is 2.41. The zero-order valence-corrected chi connectivity index (χ0v) is 11.6. The van der Waals surface area contributed by atoms with Gasteiger partial charge in [-0.1, -0.05) is 20.8 Å². The summed E-state index contributed by atoms with van der Waals surface area (Å²) in [5, 5.41) is 0.212. The Labute approximate surface area is 93.3 Å². The lowest BCUT2D eigenvalue weighted by Gasteiger charge is -2.40. The molecule has 0 bridgehead atoms. The molecule has 0 N–H and O–H groups in total. The number of carbonyl (C=O) groups excluding carboxylic acids is 1. The van der Waals surface area contributed by atoms with Crippen molar-refractivity contribution >= 4 is 14.3 Å². The average Bonchev–Trinajstić information content (AvgIpc) is 2.09. The topological polar surface area (TPSA) is 35.5 Å². The molecule has 0 amide bonds. The first kappa shape index (κ1) is 12.7. The van der Waals surface area contributed by atoms with Crippen LogP contribution in [0, 0.1) is 5.92 Å². The Morgan fingerprint density at radius 2 is 1.93 bits per heavy atom. The molecule has 1 heterocycles. The van der Waals surface area contributed by atoms with E-state index in [2.05, 4.69) is 33.9 Å². The van der Waals surface area contributed by atoms with Gasteiger partial charge in [-0.25, -0.2) is 0 Å². The molecule has 0 aromatic heterocycles. The predicted octanol–water partition coefficient (Wildman–Crippen LogP) is 2.57. The van der Waals surface area contributed by atoms with Gasteiger partial charge >= 0.3 is 5.97 Å². The number of esters is 1. The van der Waals surface area contributed by atoms with Gasteiger partial charge in [0.25, 0.3) is 0 Å². The van der Waals surface area contributed by atoms with Crippen LogP contribution in [0.2, 0.25) is 18.1 Å². The monoisotopic (exact) mass is 230 g/mol. The number of carbonyl (C=O) groups is 1. The van der Waals surface area contributed by atoms with Crippen molar-refractivity contribution in [1.82, 2.24) is 0 Å². The smallest absolute Gasteiger partial charge is 0.312 e. The summed E-state index contributed by atoms with van der Waals surface area (Å²) in [4.78, 5) is 10.9. The molecule has 0 saturated carbocycles. The van der Waals surface area contributed by atoms with Crippen molar-refractivity contribution < 1.29 is 14.0 Å². The van der Waals surface area contributed by atoms with E-state index in [0.29, 0.717) is 6.61 Å². The van der Waals surface area contributed by atoms with E-state index in [1.54, 1.807) is 0 Å². The summed E-state index contributed by atoms with van der Waals surface area (Å²) in [5.41, 5.74) is 0. The molecular formula is C11H22O3Si. The highest BCUT2D eigenvalue weighted by Crippen LogP contribution is 2.37. The van der Waals surface area contributed by atoms with Gasteiger partial charge < -0.3 is 9.16 Å². The van der Waals surface area contributed by atoms with Crippen LogP contribution < -0.4 is 0 Å². The molecule has 88 valence electrons. The van der Waals surface area contributed by atoms with Crippen LogP contribution in [0.1, 0.15) is 27.7 Å². The lowest BCUT2D eigenvalue weighted by atomic mass is 10.0. The van der Waals surface area contributed by atoms with Crippen molar-refractivity contribution in [2.45, 2.75) is 51.9 Å². The van der Waals surface area contributed by atoms with Crippen LogP contribution in [0.25, 0.3) is 0 Å². The van der Waals surface area contributed by atoms with Crippen molar-refractivity contribution in [2.24, 2.45) is 5.92 Å². The molecular weight excluding hydrogens is 208 g/mol. The van der Waals surface area contributed by atoms with Crippen LogP contribution in [0.3, 0.4) is 0 Å². The Morgan fingerprint density at radius 3 is 2.27 bits per heavy atom. The van der Waals surface area contributed by atoms with Gasteiger partial charge in [-0.15, -0.1) is 0 Å². The van der Waals surface area contributed by atoms with E-state index in [4.69, 9.17) is 9.16 Å². The zero-order valence-electron chi connectivity index (χ0n) is 10.6. The predicted molar refractivity (Wildman–Crippen MR) is 62.2 cm³/mol. The number of cyclic esters (lactones) is 1. The average molecular weight is 230 g/mol. The summed E-state index contributed by atoms with van der Waals surface area (Å²) in [6, 6.07) is 0. The molecule has 0 spiro atoms. The summed E-state index contributed by atoms with van der Waals surface area (Å²) in [6.07, 6.45) is -0.0216.